The van der Waals surface area contributed by atoms with Crippen molar-refractivity contribution >= 4 is 5.97 Å². The van der Waals surface area contributed by atoms with E-state index < -0.39 is 5.97 Å². The van der Waals surface area contributed by atoms with Crippen LogP contribution in [0.3, 0.4) is 0 Å². The first kappa shape index (κ1) is 12.5. The lowest BCUT2D eigenvalue weighted by Crippen LogP contribution is -2.53. The maximum absolute atomic E-state index is 10.7. The number of carboxylic acids is 1. The standard InChI is InChI=1S/C11H22N2O2/c1-4-10(7-11(14)15)13-6-5-12(3)9(2)8-13/h9-10H,4-8H2,1-3H3,(H,14,15). The van der Waals surface area contributed by atoms with Gasteiger partial charge >= 0.3 is 5.97 Å². The molecule has 1 rings (SSSR count). The number of carboxylic acid groups (broad SMARTS) is 1. The summed E-state index contributed by atoms with van der Waals surface area (Å²) in [6.45, 7) is 7.28. The fraction of sp³-hybridized carbons (Fsp3) is 0.909. The van der Waals surface area contributed by atoms with Crippen LogP contribution in [-0.4, -0.2) is 59.6 Å². The third kappa shape index (κ3) is 3.47. The average molecular weight is 214 g/mol. The number of aliphatic carboxylic acids is 1. The van der Waals surface area contributed by atoms with Crippen molar-refractivity contribution in [3.63, 3.8) is 0 Å². The minimum absolute atomic E-state index is 0.207. The fourth-order valence-electron chi connectivity index (χ4n) is 2.14. The third-order valence-electron chi connectivity index (χ3n) is 3.39. The van der Waals surface area contributed by atoms with E-state index >= 15 is 0 Å². The zero-order valence-electron chi connectivity index (χ0n) is 9.94. The molecule has 2 atom stereocenters. The van der Waals surface area contributed by atoms with Gasteiger partial charge in [0, 0.05) is 31.7 Å². The molecule has 1 fully saturated rings. The van der Waals surface area contributed by atoms with Gasteiger partial charge in [-0.1, -0.05) is 6.92 Å². The van der Waals surface area contributed by atoms with Gasteiger partial charge in [-0.15, -0.1) is 0 Å². The Morgan fingerprint density at radius 2 is 2.20 bits per heavy atom. The Balaban J connectivity index is 2.50. The van der Waals surface area contributed by atoms with Crippen LogP contribution in [0.2, 0.25) is 0 Å². The molecule has 15 heavy (non-hydrogen) atoms. The lowest BCUT2D eigenvalue weighted by atomic mass is 10.1. The molecule has 1 aliphatic rings. The SMILES string of the molecule is CCC(CC(=O)O)N1CCN(C)C(C)C1. The molecular weight excluding hydrogens is 192 g/mol. The van der Waals surface area contributed by atoms with Crippen LogP contribution in [0.1, 0.15) is 26.7 Å². The lowest BCUT2D eigenvalue weighted by molar-refractivity contribution is -0.138. The van der Waals surface area contributed by atoms with Gasteiger partial charge in [-0.05, 0) is 20.4 Å². The number of carbonyl (C=O) groups is 1. The summed E-state index contributed by atoms with van der Waals surface area (Å²) in [7, 11) is 2.13. The van der Waals surface area contributed by atoms with E-state index in [1.807, 2.05) is 0 Å². The number of hydrogen-bond acceptors (Lipinski definition) is 3. The first-order valence-electron chi connectivity index (χ1n) is 5.70. The molecule has 0 bridgehead atoms. The van der Waals surface area contributed by atoms with Gasteiger partial charge < -0.3 is 10.0 Å². The maximum Gasteiger partial charge on any atom is 0.304 e. The summed E-state index contributed by atoms with van der Waals surface area (Å²) in [4.78, 5) is 15.4. The molecule has 1 saturated heterocycles. The van der Waals surface area contributed by atoms with Crippen LogP contribution in [0.15, 0.2) is 0 Å². The summed E-state index contributed by atoms with van der Waals surface area (Å²) in [5, 5.41) is 8.83. The smallest absolute Gasteiger partial charge is 0.304 e. The van der Waals surface area contributed by atoms with E-state index in [2.05, 4.69) is 30.7 Å². The molecule has 4 heteroatoms. The van der Waals surface area contributed by atoms with Crippen LogP contribution in [0, 0.1) is 0 Å². The molecular formula is C11H22N2O2. The molecule has 0 radical (unpaired) electrons. The summed E-state index contributed by atoms with van der Waals surface area (Å²) in [5.74, 6) is -0.687. The van der Waals surface area contributed by atoms with Gasteiger partial charge in [-0.2, -0.15) is 0 Å². The Hall–Kier alpha value is -0.610. The lowest BCUT2D eigenvalue weighted by Gasteiger charge is -2.41. The molecule has 0 saturated carbocycles. The molecule has 0 spiro atoms. The van der Waals surface area contributed by atoms with Crippen LogP contribution in [0.4, 0.5) is 0 Å². The van der Waals surface area contributed by atoms with Gasteiger partial charge in [-0.25, -0.2) is 0 Å². The molecule has 88 valence electrons. The number of rotatable bonds is 4. The predicted octanol–water partition coefficient (Wildman–Crippen LogP) is 0.876. The molecule has 4 nitrogen and oxygen atoms in total. The number of hydrogen-bond donors (Lipinski definition) is 1. The minimum atomic E-state index is -0.687. The van der Waals surface area contributed by atoms with E-state index in [-0.39, 0.29) is 12.5 Å². The Morgan fingerprint density at radius 1 is 1.53 bits per heavy atom. The molecule has 1 heterocycles. The second-order valence-electron chi connectivity index (χ2n) is 4.48. The topological polar surface area (TPSA) is 43.8 Å². The second kappa shape index (κ2) is 5.47. The Bertz CT molecular complexity index is 221. The summed E-state index contributed by atoms with van der Waals surface area (Å²) >= 11 is 0. The van der Waals surface area contributed by atoms with Crippen LogP contribution in [0.5, 0.6) is 0 Å². The Kier molecular flexibility index (Phi) is 4.54. The summed E-state index contributed by atoms with van der Waals surface area (Å²) in [6.07, 6.45) is 1.19. The summed E-state index contributed by atoms with van der Waals surface area (Å²) in [6, 6.07) is 0.736. The zero-order chi connectivity index (χ0) is 11.4. The van der Waals surface area contributed by atoms with Crippen LogP contribution in [-0.2, 0) is 4.79 Å². The van der Waals surface area contributed by atoms with E-state index in [1.54, 1.807) is 0 Å². The molecule has 1 aliphatic heterocycles. The van der Waals surface area contributed by atoms with Crippen molar-refractivity contribution in [2.24, 2.45) is 0 Å². The molecule has 2 unspecified atom stereocenters. The van der Waals surface area contributed by atoms with Crippen molar-refractivity contribution in [2.45, 2.75) is 38.8 Å². The van der Waals surface area contributed by atoms with Crippen molar-refractivity contribution in [1.82, 2.24) is 9.80 Å². The van der Waals surface area contributed by atoms with Crippen molar-refractivity contribution < 1.29 is 9.90 Å². The van der Waals surface area contributed by atoms with Crippen molar-refractivity contribution in [2.75, 3.05) is 26.7 Å². The molecule has 0 aromatic rings. The molecule has 0 aliphatic carbocycles. The maximum atomic E-state index is 10.7. The van der Waals surface area contributed by atoms with Crippen LogP contribution < -0.4 is 0 Å². The van der Waals surface area contributed by atoms with Gasteiger partial charge in [0.1, 0.15) is 0 Å². The minimum Gasteiger partial charge on any atom is -0.481 e. The average Bonchev–Trinajstić information content (AvgIpc) is 2.18. The second-order valence-corrected chi connectivity index (χ2v) is 4.48. The third-order valence-corrected chi connectivity index (χ3v) is 3.39. The van der Waals surface area contributed by atoms with E-state index in [4.69, 9.17) is 5.11 Å². The monoisotopic (exact) mass is 214 g/mol. The van der Waals surface area contributed by atoms with Crippen LogP contribution in [0.25, 0.3) is 0 Å². The highest BCUT2D eigenvalue weighted by atomic mass is 16.4. The highest BCUT2D eigenvalue weighted by Crippen LogP contribution is 2.15. The Labute approximate surface area is 91.9 Å². The largest absolute Gasteiger partial charge is 0.481 e. The van der Waals surface area contributed by atoms with E-state index in [0.29, 0.717) is 6.04 Å². The number of nitrogens with zero attached hydrogens (tertiary/aromatic N) is 2. The highest BCUT2D eigenvalue weighted by molar-refractivity contribution is 5.67. The van der Waals surface area contributed by atoms with Gasteiger partial charge in [0.2, 0.25) is 0 Å². The predicted molar refractivity (Wildman–Crippen MR) is 60.0 cm³/mol. The van der Waals surface area contributed by atoms with Gasteiger partial charge in [0.05, 0.1) is 6.42 Å². The van der Waals surface area contributed by atoms with E-state index in [0.717, 1.165) is 26.1 Å². The number of piperazine rings is 1. The highest BCUT2D eigenvalue weighted by Gasteiger charge is 2.26. The van der Waals surface area contributed by atoms with Gasteiger partial charge in [-0.3, -0.25) is 9.69 Å². The molecule has 0 aromatic heterocycles. The summed E-state index contributed by atoms with van der Waals surface area (Å²) < 4.78 is 0. The molecule has 0 amide bonds. The fourth-order valence-corrected chi connectivity index (χ4v) is 2.14. The summed E-state index contributed by atoms with van der Waals surface area (Å²) in [5.41, 5.74) is 0. The Morgan fingerprint density at radius 3 is 2.67 bits per heavy atom. The van der Waals surface area contributed by atoms with E-state index in [9.17, 15) is 4.79 Å². The van der Waals surface area contributed by atoms with Gasteiger partial charge in [0.15, 0.2) is 0 Å². The van der Waals surface area contributed by atoms with E-state index in [1.165, 1.54) is 0 Å². The first-order chi connectivity index (χ1) is 7.04. The zero-order valence-corrected chi connectivity index (χ0v) is 9.94. The van der Waals surface area contributed by atoms with Crippen molar-refractivity contribution in [3.8, 4) is 0 Å². The quantitative estimate of drug-likeness (QED) is 0.754. The van der Waals surface area contributed by atoms with Gasteiger partial charge in [0.25, 0.3) is 0 Å². The molecule has 1 N–H and O–H groups in total. The van der Waals surface area contributed by atoms with Crippen molar-refractivity contribution in [3.05, 3.63) is 0 Å². The number of likely N-dealkylation sites (N-methyl/N-ethyl adjacent to an activating group) is 1. The van der Waals surface area contributed by atoms with Crippen LogP contribution >= 0.6 is 0 Å². The first-order valence-corrected chi connectivity index (χ1v) is 5.70. The normalized spacial score (nSPS) is 26.5. The molecule has 0 aromatic carbocycles. The van der Waals surface area contributed by atoms with Crippen molar-refractivity contribution in [1.29, 1.82) is 0 Å².